The molecular weight excluding hydrogens is 285 g/mol. The second-order valence-corrected chi connectivity index (χ2v) is 7.09. The predicted octanol–water partition coefficient (Wildman–Crippen LogP) is 3.66. The van der Waals surface area contributed by atoms with Gasteiger partial charge in [0.15, 0.2) is 0 Å². The van der Waals surface area contributed by atoms with Gasteiger partial charge >= 0.3 is 6.09 Å². The summed E-state index contributed by atoms with van der Waals surface area (Å²) in [5, 5.41) is 20.2. The molecule has 0 saturated carbocycles. The maximum atomic E-state index is 13.4. The molecule has 2 N–H and O–H groups in total. The fourth-order valence-electron chi connectivity index (χ4n) is 3.62. The van der Waals surface area contributed by atoms with Crippen LogP contribution < -0.4 is 0 Å². The Labute approximate surface area is 130 Å². The zero-order valence-corrected chi connectivity index (χ0v) is 13.3. The van der Waals surface area contributed by atoms with E-state index in [1.165, 1.54) is 17.0 Å². The van der Waals surface area contributed by atoms with E-state index in [0.29, 0.717) is 18.5 Å². The van der Waals surface area contributed by atoms with E-state index in [-0.39, 0.29) is 17.4 Å². The number of amides is 1. The molecule has 2 rings (SSSR count). The maximum Gasteiger partial charge on any atom is 0.407 e. The number of rotatable bonds is 2. The third-order valence-corrected chi connectivity index (χ3v) is 4.41. The van der Waals surface area contributed by atoms with Crippen molar-refractivity contribution in [2.75, 3.05) is 6.54 Å². The number of likely N-dealkylation sites (tertiary alicyclic amines) is 1. The standard InChI is InChI=1S/C17H24FNO3/c1-17(2,3)15-13(8-5-9-19(15)16(21)22)14(20)11-6-4-7-12(18)10-11/h4,6-7,10,13-15,20H,5,8-9H2,1-3H3,(H,21,22)/t13?,14-,15?/m0/s1. The van der Waals surface area contributed by atoms with Gasteiger partial charge in [-0.3, -0.25) is 0 Å². The summed E-state index contributed by atoms with van der Waals surface area (Å²) in [7, 11) is 0. The lowest BCUT2D eigenvalue weighted by Gasteiger charge is -2.48. The van der Waals surface area contributed by atoms with Gasteiger partial charge in [-0.15, -0.1) is 0 Å². The minimum Gasteiger partial charge on any atom is -0.465 e. The lowest BCUT2D eigenvalue weighted by molar-refractivity contribution is -0.0329. The summed E-state index contributed by atoms with van der Waals surface area (Å²) in [4.78, 5) is 13.0. The molecule has 122 valence electrons. The minimum absolute atomic E-state index is 0.244. The minimum atomic E-state index is -0.962. The van der Waals surface area contributed by atoms with E-state index in [1.54, 1.807) is 12.1 Å². The van der Waals surface area contributed by atoms with Crippen molar-refractivity contribution >= 4 is 6.09 Å². The summed E-state index contributed by atoms with van der Waals surface area (Å²) >= 11 is 0. The molecule has 0 spiro atoms. The number of carbonyl (C=O) groups is 1. The lowest BCUT2D eigenvalue weighted by Crippen LogP contribution is -2.55. The Morgan fingerprint density at radius 1 is 1.41 bits per heavy atom. The van der Waals surface area contributed by atoms with Crippen LogP contribution >= 0.6 is 0 Å². The first-order chi connectivity index (χ1) is 10.2. The molecule has 1 aromatic carbocycles. The maximum absolute atomic E-state index is 13.4. The van der Waals surface area contributed by atoms with Crippen LogP contribution in [0, 0.1) is 17.2 Å². The monoisotopic (exact) mass is 309 g/mol. The van der Waals surface area contributed by atoms with Gasteiger partial charge in [-0.25, -0.2) is 9.18 Å². The van der Waals surface area contributed by atoms with Crippen LogP contribution in [0.3, 0.4) is 0 Å². The molecular formula is C17H24FNO3. The van der Waals surface area contributed by atoms with Gasteiger partial charge < -0.3 is 15.1 Å². The summed E-state index contributed by atoms with van der Waals surface area (Å²) in [6.45, 7) is 6.41. The van der Waals surface area contributed by atoms with Crippen molar-refractivity contribution in [3.05, 3.63) is 35.6 Å². The fourth-order valence-corrected chi connectivity index (χ4v) is 3.62. The number of halogens is 1. The van der Waals surface area contributed by atoms with E-state index in [2.05, 4.69) is 0 Å². The number of nitrogens with zero attached hydrogens (tertiary/aromatic N) is 1. The smallest absolute Gasteiger partial charge is 0.407 e. The topological polar surface area (TPSA) is 60.8 Å². The SMILES string of the molecule is CC(C)(C)C1C([C@@H](O)c2cccc(F)c2)CCCN1C(=O)O. The van der Waals surface area contributed by atoms with Crippen LogP contribution in [0.25, 0.3) is 0 Å². The fraction of sp³-hybridized carbons (Fsp3) is 0.588. The van der Waals surface area contributed by atoms with Crippen molar-refractivity contribution < 1.29 is 19.4 Å². The molecule has 1 aromatic rings. The van der Waals surface area contributed by atoms with E-state index >= 15 is 0 Å². The average molecular weight is 309 g/mol. The van der Waals surface area contributed by atoms with E-state index in [0.717, 1.165) is 6.42 Å². The molecule has 1 fully saturated rings. The average Bonchev–Trinajstić information content (AvgIpc) is 2.44. The first kappa shape index (κ1) is 16.7. The summed E-state index contributed by atoms with van der Waals surface area (Å²) in [6.07, 6.45) is -0.405. The molecule has 4 nitrogen and oxygen atoms in total. The molecule has 0 aliphatic carbocycles. The number of hydrogen-bond donors (Lipinski definition) is 2. The molecule has 1 aliphatic heterocycles. The molecule has 0 radical (unpaired) electrons. The first-order valence-electron chi connectivity index (χ1n) is 7.65. The molecule has 1 amide bonds. The Balaban J connectivity index is 2.35. The van der Waals surface area contributed by atoms with Crippen molar-refractivity contribution in [3.63, 3.8) is 0 Å². The molecule has 1 heterocycles. The molecule has 0 aromatic heterocycles. The Morgan fingerprint density at radius 3 is 2.64 bits per heavy atom. The van der Waals surface area contributed by atoms with Gasteiger partial charge in [0.1, 0.15) is 5.82 Å². The van der Waals surface area contributed by atoms with E-state index in [4.69, 9.17) is 0 Å². The number of piperidine rings is 1. The Hall–Kier alpha value is -1.62. The molecule has 1 aliphatic rings. The van der Waals surface area contributed by atoms with Gasteiger partial charge in [-0.1, -0.05) is 32.9 Å². The largest absolute Gasteiger partial charge is 0.465 e. The van der Waals surface area contributed by atoms with Crippen LogP contribution in [-0.2, 0) is 0 Å². The molecule has 0 bridgehead atoms. The van der Waals surface area contributed by atoms with Crippen LogP contribution in [0.15, 0.2) is 24.3 Å². The number of aliphatic hydroxyl groups excluding tert-OH is 1. The second kappa shape index (κ2) is 6.24. The van der Waals surface area contributed by atoms with Gasteiger partial charge in [0.25, 0.3) is 0 Å². The van der Waals surface area contributed by atoms with Crippen molar-refractivity contribution in [2.45, 2.75) is 45.8 Å². The van der Waals surface area contributed by atoms with Gasteiger partial charge in [0.05, 0.1) is 6.10 Å². The van der Waals surface area contributed by atoms with Gasteiger partial charge in [0.2, 0.25) is 0 Å². The Kier molecular flexibility index (Phi) is 4.75. The van der Waals surface area contributed by atoms with E-state index in [9.17, 15) is 19.4 Å². The van der Waals surface area contributed by atoms with Gasteiger partial charge in [-0.2, -0.15) is 0 Å². The highest BCUT2D eigenvalue weighted by Gasteiger charge is 2.44. The van der Waals surface area contributed by atoms with Crippen molar-refractivity contribution in [3.8, 4) is 0 Å². The van der Waals surface area contributed by atoms with Crippen LogP contribution in [0.2, 0.25) is 0 Å². The normalized spacial score (nSPS) is 24.1. The van der Waals surface area contributed by atoms with Crippen LogP contribution in [-0.4, -0.2) is 33.8 Å². The molecule has 22 heavy (non-hydrogen) atoms. The third kappa shape index (κ3) is 3.40. The number of benzene rings is 1. The van der Waals surface area contributed by atoms with Gasteiger partial charge in [0, 0.05) is 18.5 Å². The Morgan fingerprint density at radius 2 is 2.09 bits per heavy atom. The highest BCUT2D eigenvalue weighted by Crippen LogP contribution is 2.42. The zero-order valence-electron chi connectivity index (χ0n) is 13.3. The van der Waals surface area contributed by atoms with E-state index < -0.39 is 18.0 Å². The Bertz CT molecular complexity index is 541. The highest BCUT2D eigenvalue weighted by atomic mass is 19.1. The van der Waals surface area contributed by atoms with Gasteiger partial charge in [-0.05, 0) is 36.0 Å². The van der Waals surface area contributed by atoms with Crippen LogP contribution in [0.4, 0.5) is 9.18 Å². The third-order valence-electron chi connectivity index (χ3n) is 4.41. The van der Waals surface area contributed by atoms with Crippen molar-refractivity contribution in [2.24, 2.45) is 11.3 Å². The predicted molar refractivity (Wildman–Crippen MR) is 82.1 cm³/mol. The highest BCUT2D eigenvalue weighted by molar-refractivity contribution is 5.65. The second-order valence-electron chi connectivity index (χ2n) is 7.09. The quantitative estimate of drug-likeness (QED) is 0.876. The number of hydrogen-bond acceptors (Lipinski definition) is 2. The summed E-state index contributed by atoms with van der Waals surface area (Å²) in [6, 6.07) is 5.61. The molecule has 1 saturated heterocycles. The summed E-state index contributed by atoms with van der Waals surface area (Å²) < 4.78 is 13.4. The van der Waals surface area contributed by atoms with Crippen molar-refractivity contribution in [1.82, 2.24) is 4.90 Å². The summed E-state index contributed by atoms with van der Waals surface area (Å²) in [5.41, 5.74) is 0.198. The van der Waals surface area contributed by atoms with E-state index in [1.807, 2.05) is 20.8 Å². The summed E-state index contributed by atoms with van der Waals surface area (Å²) in [5.74, 6) is -0.638. The molecule has 2 unspecified atom stereocenters. The van der Waals surface area contributed by atoms with Crippen LogP contribution in [0.5, 0.6) is 0 Å². The number of aliphatic hydroxyl groups is 1. The molecule has 3 atom stereocenters. The first-order valence-corrected chi connectivity index (χ1v) is 7.65. The van der Waals surface area contributed by atoms with Crippen LogP contribution in [0.1, 0.15) is 45.3 Å². The zero-order chi connectivity index (χ0) is 16.5. The molecule has 5 heteroatoms. The number of carboxylic acid groups (broad SMARTS) is 1. The van der Waals surface area contributed by atoms with Crippen molar-refractivity contribution in [1.29, 1.82) is 0 Å². The lowest BCUT2D eigenvalue weighted by atomic mass is 9.71.